The highest BCUT2D eigenvalue weighted by atomic mass is 16.7. The number of nitrogens with one attached hydrogen (secondary N) is 2. The van der Waals surface area contributed by atoms with Crippen LogP contribution in [0.25, 0.3) is 10.9 Å². The average molecular weight is 472 g/mol. The minimum Gasteiger partial charge on any atom is -0.454 e. The Morgan fingerprint density at radius 2 is 2.06 bits per heavy atom. The first-order chi connectivity index (χ1) is 17.1. The first-order valence-electron chi connectivity index (χ1n) is 12.0. The molecule has 2 fully saturated rings. The highest BCUT2D eigenvalue weighted by Gasteiger charge is 2.66. The fourth-order valence-corrected chi connectivity index (χ4v) is 6.02. The average Bonchev–Trinajstić information content (AvgIpc) is 3.68. The van der Waals surface area contributed by atoms with Gasteiger partial charge in [-0.2, -0.15) is 0 Å². The zero-order chi connectivity index (χ0) is 23.6. The maximum Gasteiger partial charge on any atom is 0.231 e. The molecule has 178 valence electrons. The molecule has 1 aromatic heterocycles. The summed E-state index contributed by atoms with van der Waals surface area (Å²) < 4.78 is 17.0. The maximum atomic E-state index is 13.5. The van der Waals surface area contributed by atoms with Crippen molar-refractivity contribution in [1.82, 2.24) is 15.2 Å². The van der Waals surface area contributed by atoms with Crippen molar-refractivity contribution in [2.24, 2.45) is 11.8 Å². The third-order valence-electron chi connectivity index (χ3n) is 7.71. The summed E-state index contributed by atoms with van der Waals surface area (Å²) in [4.78, 5) is 31.9. The number of benzene rings is 2. The summed E-state index contributed by atoms with van der Waals surface area (Å²) in [6.07, 6.45) is 6.33. The number of carbonyl (C=O) groups is 2. The van der Waals surface area contributed by atoms with Gasteiger partial charge in [-0.05, 0) is 35.7 Å². The van der Waals surface area contributed by atoms with E-state index in [1.807, 2.05) is 59.6 Å². The Morgan fingerprint density at radius 1 is 1.17 bits per heavy atom. The van der Waals surface area contributed by atoms with Gasteiger partial charge in [0.15, 0.2) is 11.5 Å². The second-order valence-corrected chi connectivity index (χ2v) is 9.67. The predicted octanol–water partition coefficient (Wildman–Crippen LogP) is 2.54. The topological polar surface area (TPSA) is 92.9 Å². The Hall–Kier alpha value is -3.78. The van der Waals surface area contributed by atoms with E-state index in [-0.39, 0.29) is 24.7 Å². The van der Waals surface area contributed by atoms with Crippen LogP contribution >= 0.6 is 0 Å². The molecule has 2 N–H and O–H groups in total. The molecule has 2 bridgehead atoms. The molecule has 0 radical (unpaired) electrons. The number of amides is 2. The van der Waals surface area contributed by atoms with E-state index in [0.29, 0.717) is 31.1 Å². The Balaban J connectivity index is 1.05. The second kappa shape index (κ2) is 7.61. The maximum absolute atomic E-state index is 13.5. The number of H-pyrrole nitrogens is 1. The molecule has 0 aliphatic carbocycles. The normalized spacial score (nSPS) is 27.7. The number of hydrogen-bond donors (Lipinski definition) is 2. The Morgan fingerprint density at radius 3 is 3.00 bits per heavy atom. The summed E-state index contributed by atoms with van der Waals surface area (Å²) in [6.45, 7) is 1.63. The molecule has 0 saturated carbocycles. The van der Waals surface area contributed by atoms with E-state index < -0.39 is 17.4 Å². The van der Waals surface area contributed by atoms with Gasteiger partial charge in [-0.15, -0.1) is 0 Å². The van der Waals surface area contributed by atoms with Gasteiger partial charge in [-0.1, -0.05) is 36.4 Å². The first kappa shape index (κ1) is 20.6. The van der Waals surface area contributed by atoms with Gasteiger partial charge >= 0.3 is 0 Å². The van der Waals surface area contributed by atoms with E-state index in [2.05, 4.69) is 16.4 Å². The fourth-order valence-electron chi connectivity index (χ4n) is 6.02. The van der Waals surface area contributed by atoms with Gasteiger partial charge in [0.05, 0.1) is 24.5 Å². The highest BCUT2D eigenvalue weighted by molar-refractivity contribution is 5.93. The van der Waals surface area contributed by atoms with Crippen LogP contribution in [0, 0.1) is 11.8 Å². The summed E-state index contributed by atoms with van der Waals surface area (Å²) in [5.41, 5.74) is 2.48. The van der Waals surface area contributed by atoms with Crippen LogP contribution in [0.4, 0.5) is 0 Å². The molecule has 2 saturated heterocycles. The van der Waals surface area contributed by atoms with Crippen molar-refractivity contribution in [3.63, 3.8) is 0 Å². The molecule has 2 aromatic carbocycles. The molecule has 4 atom stereocenters. The van der Waals surface area contributed by atoms with Gasteiger partial charge in [0.1, 0.15) is 5.60 Å². The lowest BCUT2D eigenvalue weighted by atomic mass is 9.77. The number of carbonyl (C=O) groups excluding carboxylic acids is 2. The predicted molar refractivity (Wildman–Crippen MR) is 127 cm³/mol. The number of aromatic nitrogens is 1. The standard InChI is InChI=1S/C27H25N3O5/c31-25(29-12-16-5-6-20-22(11-16)34-15-33-20)23-21-7-9-27(35-21)14-30(26(32)24(23)27)10-8-17-13-28-19-4-2-1-3-18(17)19/h1-7,9,11,13,21,23-24,28H,8,10,12,14-15H2,(H,29,31)/t21-,23+,24+,27+/m0/s1. The van der Waals surface area contributed by atoms with Crippen LogP contribution in [-0.4, -0.2) is 53.3 Å². The fraction of sp³-hybridized carbons (Fsp3) is 0.333. The number of likely N-dealkylation sites (tertiary alicyclic amines) is 1. The van der Waals surface area contributed by atoms with Crippen molar-refractivity contribution in [1.29, 1.82) is 0 Å². The molecule has 35 heavy (non-hydrogen) atoms. The lowest BCUT2D eigenvalue weighted by molar-refractivity contribution is -0.137. The minimum atomic E-state index is -0.706. The van der Waals surface area contributed by atoms with Crippen LogP contribution in [-0.2, 0) is 27.3 Å². The third-order valence-corrected chi connectivity index (χ3v) is 7.71. The number of aromatic amines is 1. The summed E-state index contributed by atoms with van der Waals surface area (Å²) in [5, 5.41) is 4.19. The SMILES string of the molecule is O=C(NCc1ccc2c(c1)OCO2)[C@@H]1[C@@H]2C=C[C@]3(CN(CCc4c[nH]c5ccccc45)C(=O)[C@@H]13)O2. The summed E-state index contributed by atoms with van der Waals surface area (Å²) in [6, 6.07) is 13.8. The van der Waals surface area contributed by atoms with Crippen LogP contribution in [0.5, 0.6) is 11.5 Å². The van der Waals surface area contributed by atoms with E-state index in [1.54, 1.807) is 0 Å². The lowest BCUT2D eigenvalue weighted by Crippen LogP contribution is -2.44. The molecule has 3 aromatic rings. The monoisotopic (exact) mass is 471 g/mol. The molecule has 4 aliphatic heterocycles. The van der Waals surface area contributed by atoms with Crippen LogP contribution < -0.4 is 14.8 Å². The number of ether oxygens (including phenoxy) is 3. The van der Waals surface area contributed by atoms with Gasteiger partial charge in [0.2, 0.25) is 18.6 Å². The quantitative estimate of drug-likeness (QED) is 0.539. The van der Waals surface area contributed by atoms with Crippen LogP contribution in [0.2, 0.25) is 0 Å². The molecule has 5 heterocycles. The van der Waals surface area contributed by atoms with Crippen molar-refractivity contribution in [2.45, 2.75) is 24.7 Å². The molecule has 8 heteroatoms. The van der Waals surface area contributed by atoms with E-state index in [4.69, 9.17) is 14.2 Å². The number of nitrogens with zero attached hydrogens (tertiary/aromatic N) is 1. The van der Waals surface area contributed by atoms with E-state index >= 15 is 0 Å². The molecule has 4 aliphatic rings. The van der Waals surface area contributed by atoms with Crippen LogP contribution in [0.3, 0.4) is 0 Å². The smallest absolute Gasteiger partial charge is 0.231 e. The van der Waals surface area contributed by atoms with Crippen molar-refractivity contribution >= 4 is 22.7 Å². The summed E-state index contributed by atoms with van der Waals surface area (Å²) in [5.74, 6) is 0.212. The number of para-hydroxylation sites is 1. The van der Waals surface area contributed by atoms with Crippen molar-refractivity contribution in [3.05, 3.63) is 71.9 Å². The largest absolute Gasteiger partial charge is 0.454 e. The molecule has 0 unspecified atom stereocenters. The summed E-state index contributed by atoms with van der Waals surface area (Å²) in [7, 11) is 0. The van der Waals surface area contributed by atoms with Crippen LogP contribution in [0.1, 0.15) is 11.1 Å². The Bertz CT molecular complexity index is 1380. The van der Waals surface area contributed by atoms with E-state index in [0.717, 1.165) is 17.5 Å². The lowest BCUT2D eigenvalue weighted by Gasteiger charge is -2.23. The summed E-state index contributed by atoms with van der Waals surface area (Å²) >= 11 is 0. The van der Waals surface area contributed by atoms with Gasteiger partial charge in [-0.3, -0.25) is 9.59 Å². The zero-order valence-electron chi connectivity index (χ0n) is 19.0. The zero-order valence-corrected chi connectivity index (χ0v) is 19.0. The van der Waals surface area contributed by atoms with Gasteiger partial charge in [0.25, 0.3) is 0 Å². The second-order valence-electron chi connectivity index (χ2n) is 9.67. The van der Waals surface area contributed by atoms with Crippen molar-refractivity contribution < 1.29 is 23.8 Å². The van der Waals surface area contributed by atoms with E-state index in [1.165, 1.54) is 10.9 Å². The highest BCUT2D eigenvalue weighted by Crippen LogP contribution is 2.52. The molecular formula is C27H25N3O5. The van der Waals surface area contributed by atoms with Crippen LogP contribution in [0.15, 0.2) is 60.8 Å². The van der Waals surface area contributed by atoms with Gasteiger partial charge in [-0.25, -0.2) is 0 Å². The Kier molecular flexibility index (Phi) is 4.48. The Labute approximate surface area is 201 Å². The molecule has 1 spiro atoms. The van der Waals surface area contributed by atoms with E-state index in [9.17, 15) is 9.59 Å². The molecule has 7 rings (SSSR count). The van der Waals surface area contributed by atoms with Crippen molar-refractivity contribution in [2.75, 3.05) is 19.9 Å². The van der Waals surface area contributed by atoms with Gasteiger partial charge < -0.3 is 29.4 Å². The van der Waals surface area contributed by atoms with Crippen molar-refractivity contribution in [3.8, 4) is 11.5 Å². The first-order valence-corrected chi connectivity index (χ1v) is 12.0. The third kappa shape index (κ3) is 3.16. The number of fused-ring (bicyclic) bond motifs is 3. The molecule has 2 amide bonds. The minimum absolute atomic E-state index is 0.0000733. The number of hydrogen-bond acceptors (Lipinski definition) is 5. The number of rotatable bonds is 6. The molecule has 8 nitrogen and oxygen atoms in total. The molecular weight excluding hydrogens is 446 g/mol. The van der Waals surface area contributed by atoms with Gasteiger partial charge in [0, 0.05) is 30.2 Å².